The summed E-state index contributed by atoms with van der Waals surface area (Å²) in [6.07, 6.45) is 1.77. The highest BCUT2D eigenvalue weighted by Gasteiger charge is 2.14. The maximum atomic E-state index is 5.66. The number of hydrogen-bond donors (Lipinski definition) is 0. The molecule has 1 aliphatic rings. The lowest BCUT2D eigenvalue weighted by Crippen LogP contribution is -2.15. The Kier molecular flexibility index (Phi) is 5.16. The van der Waals surface area contributed by atoms with E-state index in [1.807, 2.05) is 24.3 Å². The third-order valence-electron chi connectivity index (χ3n) is 4.47. The molecule has 4 rings (SSSR count). The van der Waals surface area contributed by atoms with E-state index < -0.39 is 0 Å². The minimum Gasteiger partial charge on any atom is -0.497 e. The van der Waals surface area contributed by atoms with Crippen molar-refractivity contribution in [2.24, 2.45) is 0 Å². The van der Waals surface area contributed by atoms with Crippen LogP contribution in [0.4, 0.5) is 0 Å². The zero-order chi connectivity index (χ0) is 18.6. The molecule has 3 aromatic rings. The zero-order valence-electron chi connectivity index (χ0n) is 15.4. The normalized spacial score (nSPS) is 12.7. The number of nitrogens with zero attached hydrogens (tertiary/aromatic N) is 1. The highest BCUT2D eigenvalue weighted by atomic mass is 32.1. The number of hydrogen-bond acceptors (Lipinski definition) is 6. The summed E-state index contributed by atoms with van der Waals surface area (Å²) in [5.74, 6) is 3.24. The Labute approximate surface area is 162 Å². The lowest BCUT2D eigenvalue weighted by Gasteiger charge is -2.18. The predicted molar refractivity (Wildman–Crippen MR) is 105 cm³/mol. The number of benzene rings is 2. The summed E-state index contributed by atoms with van der Waals surface area (Å²) in [4.78, 5) is 4.79. The number of aromatic nitrogens is 1. The quantitative estimate of drug-likeness (QED) is 0.632. The van der Waals surface area contributed by atoms with E-state index in [0.29, 0.717) is 13.2 Å². The summed E-state index contributed by atoms with van der Waals surface area (Å²) in [5, 5.41) is 3.15. The largest absolute Gasteiger partial charge is 0.497 e. The van der Waals surface area contributed by atoms with Gasteiger partial charge in [0.1, 0.15) is 24.7 Å². The van der Waals surface area contributed by atoms with Gasteiger partial charge in [0.25, 0.3) is 0 Å². The SMILES string of the molecule is COc1ccc(OC)c(-c2csc(CCc3ccc4c(c3)OCCO4)n2)c1. The first kappa shape index (κ1) is 17.7. The Morgan fingerprint density at radius 1 is 0.963 bits per heavy atom. The van der Waals surface area contributed by atoms with Crippen LogP contribution >= 0.6 is 11.3 Å². The van der Waals surface area contributed by atoms with E-state index in [9.17, 15) is 0 Å². The third kappa shape index (κ3) is 3.85. The summed E-state index contributed by atoms with van der Waals surface area (Å²) in [6, 6.07) is 11.9. The Morgan fingerprint density at radius 2 is 1.81 bits per heavy atom. The van der Waals surface area contributed by atoms with Crippen LogP contribution in [0.3, 0.4) is 0 Å². The summed E-state index contributed by atoms with van der Waals surface area (Å²) in [5.41, 5.74) is 3.07. The smallest absolute Gasteiger partial charge is 0.161 e. The van der Waals surface area contributed by atoms with E-state index in [1.165, 1.54) is 5.56 Å². The number of methoxy groups -OCH3 is 2. The van der Waals surface area contributed by atoms with Crippen LogP contribution in [0.25, 0.3) is 11.3 Å². The second-order valence-corrected chi connectivity index (χ2v) is 7.11. The summed E-state index contributed by atoms with van der Waals surface area (Å²) >= 11 is 1.66. The molecule has 0 amide bonds. The summed E-state index contributed by atoms with van der Waals surface area (Å²) in [7, 11) is 3.33. The number of ether oxygens (including phenoxy) is 4. The fourth-order valence-corrected chi connectivity index (χ4v) is 3.86. The molecular weight excluding hydrogens is 362 g/mol. The van der Waals surface area contributed by atoms with Crippen molar-refractivity contribution in [3.05, 3.63) is 52.3 Å². The van der Waals surface area contributed by atoms with Crippen molar-refractivity contribution in [3.63, 3.8) is 0 Å². The molecule has 0 fully saturated rings. The molecule has 0 saturated carbocycles. The third-order valence-corrected chi connectivity index (χ3v) is 5.38. The lowest BCUT2D eigenvalue weighted by molar-refractivity contribution is 0.171. The lowest BCUT2D eigenvalue weighted by atomic mass is 10.1. The van der Waals surface area contributed by atoms with E-state index in [0.717, 1.165) is 52.1 Å². The van der Waals surface area contributed by atoms with Crippen molar-refractivity contribution >= 4 is 11.3 Å². The molecule has 0 radical (unpaired) electrons. The van der Waals surface area contributed by atoms with Gasteiger partial charge in [-0.15, -0.1) is 11.3 Å². The van der Waals surface area contributed by atoms with Crippen molar-refractivity contribution < 1.29 is 18.9 Å². The fourth-order valence-electron chi connectivity index (χ4n) is 3.06. The van der Waals surface area contributed by atoms with Gasteiger partial charge in [-0.05, 0) is 42.3 Å². The van der Waals surface area contributed by atoms with E-state index in [4.69, 9.17) is 23.9 Å². The average Bonchev–Trinajstić information content (AvgIpc) is 3.20. The second kappa shape index (κ2) is 7.88. The van der Waals surface area contributed by atoms with Gasteiger partial charge in [0.2, 0.25) is 0 Å². The molecule has 140 valence electrons. The van der Waals surface area contributed by atoms with Gasteiger partial charge < -0.3 is 18.9 Å². The van der Waals surface area contributed by atoms with Gasteiger partial charge >= 0.3 is 0 Å². The van der Waals surface area contributed by atoms with Gasteiger partial charge in [-0.2, -0.15) is 0 Å². The van der Waals surface area contributed by atoms with Gasteiger partial charge in [0.05, 0.1) is 24.9 Å². The molecule has 0 spiro atoms. The van der Waals surface area contributed by atoms with Crippen LogP contribution in [-0.4, -0.2) is 32.4 Å². The van der Waals surface area contributed by atoms with Crippen LogP contribution in [0.5, 0.6) is 23.0 Å². The van der Waals surface area contributed by atoms with Crippen LogP contribution < -0.4 is 18.9 Å². The van der Waals surface area contributed by atoms with Gasteiger partial charge in [0, 0.05) is 17.4 Å². The number of aryl methyl sites for hydroxylation is 2. The highest BCUT2D eigenvalue weighted by Crippen LogP contribution is 2.35. The van der Waals surface area contributed by atoms with Crippen LogP contribution in [0.2, 0.25) is 0 Å². The molecule has 0 saturated heterocycles. The molecule has 5 nitrogen and oxygen atoms in total. The Balaban J connectivity index is 1.49. The van der Waals surface area contributed by atoms with E-state index >= 15 is 0 Å². The molecule has 0 aliphatic carbocycles. The van der Waals surface area contributed by atoms with E-state index in [2.05, 4.69) is 17.5 Å². The fraction of sp³-hybridized carbons (Fsp3) is 0.286. The second-order valence-electron chi connectivity index (χ2n) is 6.17. The zero-order valence-corrected chi connectivity index (χ0v) is 16.2. The predicted octanol–water partition coefficient (Wildman–Crippen LogP) is 4.38. The number of rotatable bonds is 6. The maximum Gasteiger partial charge on any atom is 0.161 e. The Morgan fingerprint density at radius 3 is 2.63 bits per heavy atom. The Bertz CT molecular complexity index is 938. The molecule has 6 heteroatoms. The van der Waals surface area contributed by atoms with Crippen molar-refractivity contribution in [1.82, 2.24) is 4.98 Å². The van der Waals surface area contributed by atoms with Crippen molar-refractivity contribution in [2.45, 2.75) is 12.8 Å². The van der Waals surface area contributed by atoms with E-state index in [1.54, 1.807) is 25.6 Å². The van der Waals surface area contributed by atoms with Gasteiger partial charge in [-0.25, -0.2) is 4.98 Å². The summed E-state index contributed by atoms with van der Waals surface area (Å²) in [6.45, 7) is 1.22. The molecule has 0 bridgehead atoms. The first-order chi connectivity index (χ1) is 13.3. The molecule has 0 atom stereocenters. The first-order valence-corrected chi connectivity index (χ1v) is 9.70. The van der Waals surface area contributed by atoms with Crippen molar-refractivity contribution in [1.29, 1.82) is 0 Å². The standard InChI is InChI=1S/C21H21NO4S/c1-23-15-5-7-18(24-2)16(12-15)17-13-27-21(22-17)8-4-14-3-6-19-20(11-14)26-10-9-25-19/h3,5-7,11-13H,4,8-10H2,1-2H3. The Hall–Kier alpha value is -2.73. The van der Waals surface area contributed by atoms with Crippen LogP contribution in [0.15, 0.2) is 41.8 Å². The van der Waals surface area contributed by atoms with Crippen LogP contribution in [0.1, 0.15) is 10.6 Å². The van der Waals surface area contributed by atoms with Crippen molar-refractivity contribution in [2.75, 3.05) is 27.4 Å². The van der Waals surface area contributed by atoms with Crippen LogP contribution in [-0.2, 0) is 12.8 Å². The average molecular weight is 383 g/mol. The van der Waals surface area contributed by atoms with Crippen molar-refractivity contribution in [3.8, 4) is 34.3 Å². The van der Waals surface area contributed by atoms with Gasteiger partial charge in [-0.1, -0.05) is 6.07 Å². The minimum atomic E-state index is 0.606. The number of thiazole rings is 1. The monoisotopic (exact) mass is 383 g/mol. The molecular formula is C21H21NO4S. The molecule has 0 N–H and O–H groups in total. The maximum absolute atomic E-state index is 5.66. The minimum absolute atomic E-state index is 0.606. The summed E-state index contributed by atoms with van der Waals surface area (Å²) < 4.78 is 22.0. The molecule has 2 aromatic carbocycles. The molecule has 2 heterocycles. The van der Waals surface area contributed by atoms with Crippen LogP contribution in [0, 0.1) is 0 Å². The molecule has 1 aromatic heterocycles. The highest BCUT2D eigenvalue weighted by molar-refractivity contribution is 7.09. The molecule has 27 heavy (non-hydrogen) atoms. The van der Waals surface area contributed by atoms with Gasteiger partial charge in [-0.3, -0.25) is 0 Å². The van der Waals surface area contributed by atoms with Gasteiger partial charge in [0.15, 0.2) is 11.5 Å². The molecule has 1 aliphatic heterocycles. The number of fused-ring (bicyclic) bond motifs is 1. The topological polar surface area (TPSA) is 49.8 Å². The van der Waals surface area contributed by atoms with E-state index in [-0.39, 0.29) is 0 Å². The molecule has 0 unspecified atom stereocenters. The first-order valence-electron chi connectivity index (χ1n) is 8.82.